The highest BCUT2D eigenvalue weighted by Gasteiger charge is 2.46. The van der Waals surface area contributed by atoms with Crippen molar-refractivity contribution < 1.29 is 28.8 Å². The van der Waals surface area contributed by atoms with Crippen LogP contribution in [-0.4, -0.2) is 131 Å². The molecule has 4 amide bonds. The molecule has 1 atom stereocenters. The summed E-state index contributed by atoms with van der Waals surface area (Å²) in [6.45, 7) is 7.92. The molecule has 1 aromatic heterocycles. The highest BCUT2D eigenvalue weighted by Crippen LogP contribution is 2.44. The van der Waals surface area contributed by atoms with Crippen LogP contribution in [0.15, 0.2) is 42.7 Å². The molecule has 0 aliphatic carbocycles. The number of amides is 4. The van der Waals surface area contributed by atoms with Crippen molar-refractivity contribution in [1.29, 1.82) is 0 Å². The molecule has 9 rings (SSSR count). The number of aromatic nitrogens is 2. The number of hydrogen-bond acceptors (Lipinski definition) is 12. The van der Waals surface area contributed by atoms with E-state index in [4.69, 9.17) is 4.74 Å². The number of piperidine rings is 5. The molecule has 16 nitrogen and oxygen atoms in total. The van der Waals surface area contributed by atoms with Crippen LogP contribution in [0.1, 0.15) is 84.9 Å². The highest BCUT2D eigenvalue weighted by atomic mass is 16.6. The van der Waals surface area contributed by atoms with E-state index in [1.807, 2.05) is 31.4 Å². The van der Waals surface area contributed by atoms with Crippen molar-refractivity contribution in [3.63, 3.8) is 0 Å². The van der Waals surface area contributed by atoms with Gasteiger partial charge in [0.25, 0.3) is 11.8 Å². The maximum atomic E-state index is 13.5. The van der Waals surface area contributed by atoms with Gasteiger partial charge in [0, 0.05) is 92.6 Å². The summed E-state index contributed by atoms with van der Waals surface area (Å²) in [6, 6.07) is 9.08. The van der Waals surface area contributed by atoms with E-state index in [9.17, 15) is 29.3 Å². The number of aryl methyl sites for hydroxylation is 1. The zero-order chi connectivity index (χ0) is 41.0. The molecule has 16 heteroatoms. The fourth-order valence-electron chi connectivity index (χ4n) is 10.9. The van der Waals surface area contributed by atoms with E-state index in [1.54, 1.807) is 23.0 Å². The fraction of sp³-hybridized carbons (Fsp3) is 0.558. The Hall–Kier alpha value is -5.35. The van der Waals surface area contributed by atoms with Crippen LogP contribution in [0.25, 0.3) is 11.1 Å². The molecule has 59 heavy (non-hydrogen) atoms. The average molecular weight is 808 g/mol. The van der Waals surface area contributed by atoms with Gasteiger partial charge < -0.3 is 24.3 Å². The quantitative estimate of drug-likeness (QED) is 0.196. The molecule has 2 aromatic carbocycles. The monoisotopic (exact) mass is 807 g/mol. The number of rotatable bonds is 8. The number of nitro benzene ring substituents is 1. The lowest BCUT2D eigenvalue weighted by atomic mass is 9.72. The van der Waals surface area contributed by atoms with E-state index >= 15 is 0 Å². The van der Waals surface area contributed by atoms with Crippen LogP contribution in [0.4, 0.5) is 17.1 Å². The predicted molar refractivity (Wildman–Crippen MR) is 219 cm³/mol. The van der Waals surface area contributed by atoms with Gasteiger partial charge in [0.2, 0.25) is 11.8 Å². The molecule has 5 fully saturated rings. The van der Waals surface area contributed by atoms with Gasteiger partial charge in [0.05, 0.1) is 29.4 Å². The number of nitro groups is 1. The Labute approximate surface area is 343 Å². The molecule has 1 N–H and O–H groups in total. The zero-order valence-corrected chi connectivity index (χ0v) is 33.9. The molecule has 7 heterocycles. The Bertz CT molecular complexity index is 2160. The maximum absolute atomic E-state index is 13.5. The van der Waals surface area contributed by atoms with E-state index in [1.165, 1.54) is 26.4 Å². The summed E-state index contributed by atoms with van der Waals surface area (Å²) in [7, 11) is 3.33. The number of ether oxygens (including phenoxy) is 1. The normalized spacial score (nSPS) is 23.6. The molecule has 6 aliphatic heterocycles. The molecule has 1 spiro atoms. The third-order valence-electron chi connectivity index (χ3n) is 14.2. The van der Waals surface area contributed by atoms with Crippen molar-refractivity contribution >= 4 is 40.7 Å². The second-order valence-corrected chi connectivity index (χ2v) is 17.4. The molecule has 0 bridgehead atoms. The van der Waals surface area contributed by atoms with Gasteiger partial charge in [-0.3, -0.25) is 44.2 Å². The Morgan fingerprint density at radius 3 is 2.17 bits per heavy atom. The number of carbonyl (C=O) groups is 4. The van der Waals surface area contributed by atoms with Gasteiger partial charge in [-0.1, -0.05) is 0 Å². The Balaban J connectivity index is 0.776. The smallest absolute Gasteiger partial charge is 0.311 e. The number of hydrogen-bond donors (Lipinski definition) is 1. The van der Waals surface area contributed by atoms with Crippen molar-refractivity contribution in [3.8, 4) is 16.9 Å². The molecule has 6 aliphatic rings. The van der Waals surface area contributed by atoms with Gasteiger partial charge >= 0.3 is 5.69 Å². The summed E-state index contributed by atoms with van der Waals surface area (Å²) in [6.07, 6.45) is 12.8. The lowest BCUT2D eigenvalue weighted by Crippen LogP contribution is -2.55. The van der Waals surface area contributed by atoms with Crippen LogP contribution >= 0.6 is 0 Å². The molecular weight excluding hydrogens is 755 g/mol. The van der Waals surface area contributed by atoms with E-state index in [2.05, 4.69) is 30.0 Å². The van der Waals surface area contributed by atoms with Crippen LogP contribution in [-0.2, 0) is 16.6 Å². The predicted octanol–water partition coefficient (Wildman–Crippen LogP) is 4.22. The largest absolute Gasteiger partial charge is 0.490 e. The Morgan fingerprint density at radius 2 is 1.51 bits per heavy atom. The van der Waals surface area contributed by atoms with E-state index < -0.39 is 23.8 Å². The van der Waals surface area contributed by atoms with E-state index in [-0.39, 0.29) is 40.5 Å². The van der Waals surface area contributed by atoms with Crippen LogP contribution in [0.2, 0.25) is 0 Å². The van der Waals surface area contributed by atoms with E-state index in [0.29, 0.717) is 23.2 Å². The summed E-state index contributed by atoms with van der Waals surface area (Å²) < 4.78 is 7.18. The molecule has 0 saturated carbocycles. The van der Waals surface area contributed by atoms with Gasteiger partial charge in [-0.05, 0) is 108 Å². The van der Waals surface area contributed by atoms with Crippen LogP contribution in [0.3, 0.4) is 0 Å². The van der Waals surface area contributed by atoms with Crippen LogP contribution < -0.4 is 19.9 Å². The molecular formula is C43H53N9O7. The number of methoxy groups -OCH3 is 1. The van der Waals surface area contributed by atoms with Gasteiger partial charge in [0.15, 0.2) is 5.75 Å². The van der Waals surface area contributed by atoms with Crippen molar-refractivity contribution in [3.05, 3.63) is 64.0 Å². The first-order valence-electron chi connectivity index (χ1n) is 21.2. The first kappa shape index (κ1) is 39.1. The average Bonchev–Trinajstić information content (AvgIpc) is 3.79. The topological polar surface area (TPSA) is 167 Å². The minimum absolute atomic E-state index is 0.0476. The lowest BCUT2D eigenvalue weighted by Gasteiger charge is -2.51. The van der Waals surface area contributed by atoms with Crippen molar-refractivity contribution in [2.24, 2.45) is 12.5 Å². The zero-order valence-electron chi connectivity index (χ0n) is 33.9. The number of anilines is 2. The van der Waals surface area contributed by atoms with Gasteiger partial charge in [-0.25, -0.2) is 0 Å². The summed E-state index contributed by atoms with van der Waals surface area (Å²) in [4.78, 5) is 73.7. The summed E-state index contributed by atoms with van der Waals surface area (Å²) in [5, 5.41) is 18.5. The van der Waals surface area contributed by atoms with Crippen molar-refractivity contribution in [2.75, 3.05) is 69.3 Å². The third kappa shape index (κ3) is 7.34. The Kier molecular flexibility index (Phi) is 10.4. The second-order valence-electron chi connectivity index (χ2n) is 17.4. The summed E-state index contributed by atoms with van der Waals surface area (Å²) in [5.74, 6) is -1.64. The van der Waals surface area contributed by atoms with Crippen LogP contribution in [0, 0.1) is 15.5 Å². The standard InChI is InChI=1S/C43H53N9O7/c1-46-26-28(25-44-46)33-23-37(52(57)58)38(59-2)24-36(33)49-18-10-29(11-19-49)47-16-8-30(9-17-47)48-20-13-43(14-21-48)12-3-15-50(27-43)31-4-5-32-34(22-31)42(56)51(41(32)55)35-6-7-39(53)45-40(35)54/h4-5,22-26,29-30,35H,3,6-21,27H2,1-2H3,(H,45,53,54). The number of benzene rings is 2. The maximum Gasteiger partial charge on any atom is 0.311 e. The number of fused-ring (bicyclic) bond motifs is 1. The van der Waals surface area contributed by atoms with Crippen molar-refractivity contribution in [1.82, 2.24) is 29.8 Å². The van der Waals surface area contributed by atoms with Gasteiger partial charge in [-0.2, -0.15) is 5.10 Å². The van der Waals surface area contributed by atoms with Gasteiger partial charge in [0.1, 0.15) is 6.04 Å². The molecule has 312 valence electrons. The fourth-order valence-corrected chi connectivity index (χ4v) is 10.9. The number of nitrogens with zero attached hydrogens (tertiary/aromatic N) is 8. The van der Waals surface area contributed by atoms with Gasteiger partial charge in [-0.15, -0.1) is 0 Å². The Morgan fingerprint density at radius 1 is 0.814 bits per heavy atom. The third-order valence-corrected chi connectivity index (χ3v) is 14.2. The van der Waals surface area contributed by atoms with Crippen molar-refractivity contribution in [2.45, 2.75) is 82.3 Å². The number of nitrogens with one attached hydrogen (secondary N) is 1. The number of likely N-dealkylation sites (tertiary alicyclic amines) is 2. The first-order chi connectivity index (χ1) is 28.5. The summed E-state index contributed by atoms with van der Waals surface area (Å²) >= 11 is 0. The number of carbonyl (C=O) groups excluding carboxylic acids is 4. The first-order valence-corrected chi connectivity index (χ1v) is 21.2. The molecule has 5 saturated heterocycles. The van der Waals surface area contributed by atoms with Crippen LogP contribution in [0.5, 0.6) is 5.75 Å². The van der Waals surface area contributed by atoms with E-state index in [0.717, 1.165) is 112 Å². The minimum atomic E-state index is -0.966. The summed E-state index contributed by atoms with van der Waals surface area (Å²) in [5.41, 5.74) is 4.35. The number of imide groups is 2. The highest BCUT2D eigenvalue weighted by molar-refractivity contribution is 6.23. The molecule has 3 aromatic rings. The second kappa shape index (κ2) is 15.7. The molecule has 1 unspecified atom stereocenters. The minimum Gasteiger partial charge on any atom is -0.490 e. The lowest BCUT2D eigenvalue weighted by molar-refractivity contribution is -0.385. The molecule has 0 radical (unpaired) electrons. The SMILES string of the molecule is COc1cc(N2CCC(N3CCC(N4CCC5(CCCN(c6ccc7c(c6)C(=O)N(C6CCC(=O)NC6=O)C7=O)C5)CC4)CC3)CC2)c(-c2cnn(C)c2)cc1[N+](=O)[O-].